The molecule has 1 aliphatic rings. The Morgan fingerprint density at radius 3 is 3.00 bits per heavy atom. The maximum Gasteiger partial charge on any atom is 0.178 e. The molecule has 0 amide bonds. The van der Waals surface area contributed by atoms with Crippen LogP contribution in [0.4, 0.5) is 0 Å². The molecule has 1 rings (SSSR count). The van der Waals surface area contributed by atoms with E-state index in [2.05, 4.69) is 27.4 Å². The lowest BCUT2D eigenvalue weighted by Crippen LogP contribution is -2.07. The molecule has 1 aliphatic heterocycles. The van der Waals surface area contributed by atoms with Gasteiger partial charge in [-0.25, -0.2) is 0 Å². The predicted octanol–water partition coefficient (Wildman–Crippen LogP) is 0.752. The Kier molecular flexibility index (Phi) is 1.31. The van der Waals surface area contributed by atoms with Crippen LogP contribution in [0.5, 0.6) is 0 Å². The molecule has 1 heterocycles. The summed E-state index contributed by atoms with van der Waals surface area (Å²) in [6, 6.07) is 0. The summed E-state index contributed by atoms with van der Waals surface area (Å²) in [6.07, 6.45) is -0.0463. The minimum atomic E-state index is -0.0463. The summed E-state index contributed by atoms with van der Waals surface area (Å²) >= 11 is 4.54. The Balaban J connectivity index is 2.35. The average Bonchev–Trinajstić information content (AvgIpc) is 2.14. The van der Waals surface area contributed by atoms with Gasteiger partial charge in [-0.15, -0.1) is 5.11 Å². The summed E-state index contributed by atoms with van der Waals surface area (Å²) in [5.41, 5.74) is 0. The van der Waals surface area contributed by atoms with Gasteiger partial charge in [0.2, 0.25) is 0 Å². The molecular weight excluding hydrogens is 112 g/mol. The third kappa shape index (κ3) is 0.928. The number of hydrogen-bond donors (Lipinski definition) is 0. The summed E-state index contributed by atoms with van der Waals surface area (Å²) in [6.45, 7) is 0.587. The lowest BCUT2D eigenvalue weighted by molar-refractivity contribution is 0.140. The molecule has 0 bridgehead atoms. The lowest BCUT2D eigenvalue weighted by Gasteiger charge is -1.91. The number of thiocarbonyl (C=S) groups is 1. The molecule has 38 valence electrons. The van der Waals surface area contributed by atoms with E-state index in [0.29, 0.717) is 6.54 Å². The van der Waals surface area contributed by atoms with Crippen LogP contribution in [0.2, 0.25) is 0 Å². The van der Waals surface area contributed by atoms with Crippen molar-refractivity contribution >= 4 is 17.6 Å². The summed E-state index contributed by atoms with van der Waals surface area (Å²) in [5, 5.41) is 8.32. The third-order valence-electron chi connectivity index (χ3n) is 0.654. The van der Waals surface area contributed by atoms with E-state index in [9.17, 15) is 0 Å². The molecule has 0 fully saturated rings. The van der Waals surface area contributed by atoms with Crippen molar-refractivity contribution in [1.29, 1.82) is 0 Å². The topological polar surface area (TPSA) is 34.0 Å². The highest BCUT2D eigenvalue weighted by Crippen LogP contribution is 1.99. The maximum atomic E-state index is 4.60. The van der Waals surface area contributed by atoms with Crippen molar-refractivity contribution in [2.75, 3.05) is 6.54 Å². The summed E-state index contributed by atoms with van der Waals surface area (Å²) in [7, 11) is 0. The van der Waals surface area contributed by atoms with Crippen LogP contribution < -0.4 is 0 Å². The van der Waals surface area contributed by atoms with Crippen LogP contribution in [-0.2, 0) is 4.84 Å². The lowest BCUT2D eigenvalue weighted by atomic mass is 10.4. The number of hydrogen-bond acceptors (Lipinski definition) is 4. The number of rotatable bonds is 1. The van der Waals surface area contributed by atoms with Crippen molar-refractivity contribution in [1.82, 2.24) is 0 Å². The summed E-state index contributed by atoms with van der Waals surface area (Å²) in [5.74, 6) is 0. The minimum Gasteiger partial charge on any atom is -0.369 e. The molecule has 0 N–H and O–H groups in total. The Morgan fingerprint density at radius 1 is 1.86 bits per heavy atom. The average molecular weight is 116 g/mol. The Hall–Kier alpha value is -0.510. The quantitative estimate of drug-likeness (QED) is 0.474. The van der Waals surface area contributed by atoms with Gasteiger partial charge in [-0.3, -0.25) is 0 Å². The van der Waals surface area contributed by atoms with Gasteiger partial charge >= 0.3 is 0 Å². The zero-order chi connectivity index (χ0) is 5.11. The fourth-order valence-corrected chi connectivity index (χ4v) is 0.445. The van der Waals surface area contributed by atoms with E-state index in [4.69, 9.17) is 0 Å². The van der Waals surface area contributed by atoms with Gasteiger partial charge in [-0.05, 0) is 0 Å². The van der Waals surface area contributed by atoms with Crippen LogP contribution in [-0.4, -0.2) is 18.0 Å². The summed E-state index contributed by atoms with van der Waals surface area (Å²) < 4.78 is 0. The van der Waals surface area contributed by atoms with E-state index in [1.807, 2.05) is 0 Å². The third-order valence-corrected chi connectivity index (χ3v) is 0.957. The van der Waals surface area contributed by atoms with Gasteiger partial charge < -0.3 is 4.84 Å². The van der Waals surface area contributed by atoms with Crippen molar-refractivity contribution in [2.24, 2.45) is 10.4 Å². The number of nitrogens with zero attached hydrogens (tertiary/aromatic N) is 2. The van der Waals surface area contributed by atoms with Gasteiger partial charge in [0.1, 0.15) is 6.54 Å². The van der Waals surface area contributed by atoms with Crippen molar-refractivity contribution in [3.8, 4) is 0 Å². The molecule has 3 nitrogen and oxygen atoms in total. The smallest absolute Gasteiger partial charge is 0.178 e. The van der Waals surface area contributed by atoms with E-state index in [-0.39, 0.29) is 6.10 Å². The van der Waals surface area contributed by atoms with E-state index >= 15 is 0 Å². The van der Waals surface area contributed by atoms with E-state index < -0.39 is 0 Å². The highest BCUT2D eigenvalue weighted by molar-refractivity contribution is 7.79. The van der Waals surface area contributed by atoms with Crippen molar-refractivity contribution < 1.29 is 4.84 Å². The Labute approximate surface area is 46.3 Å². The molecule has 7 heavy (non-hydrogen) atoms. The minimum absolute atomic E-state index is 0.0463. The first-order valence-corrected chi connectivity index (χ1v) is 2.38. The molecule has 0 spiro atoms. The van der Waals surface area contributed by atoms with Crippen LogP contribution in [0.1, 0.15) is 0 Å². The molecule has 0 saturated heterocycles. The van der Waals surface area contributed by atoms with E-state index in [1.54, 1.807) is 0 Å². The van der Waals surface area contributed by atoms with Gasteiger partial charge in [-0.1, -0.05) is 12.2 Å². The maximum absolute atomic E-state index is 4.60. The largest absolute Gasteiger partial charge is 0.369 e. The highest BCUT2D eigenvalue weighted by Gasteiger charge is 2.08. The van der Waals surface area contributed by atoms with Crippen LogP contribution in [0.3, 0.4) is 0 Å². The standard InChI is InChI=1S/C3H4N2OS/c7-2-3-1-4-5-6-3/h2-3H,1H2. The molecule has 0 radical (unpaired) electrons. The fourth-order valence-electron chi connectivity index (χ4n) is 0.309. The van der Waals surface area contributed by atoms with Gasteiger partial charge in [0.15, 0.2) is 6.10 Å². The SMILES string of the molecule is S=CC1CN=NO1. The van der Waals surface area contributed by atoms with Gasteiger partial charge in [0, 0.05) is 10.6 Å². The fraction of sp³-hybridized carbons (Fsp3) is 0.667. The molecule has 0 saturated carbocycles. The first-order valence-electron chi connectivity index (χ1n) is 1.91. The van der Waals surface area contributed by atoms with Crippen LogP contribution >= 0.6 is 12.2 Å². The highest BCUT2D eigenvalue weighted by atomic mass is 32.1. The Morgan fingerprint density at radius 2 is 2.71 bits per heavy atom. The van der Waals surface area contributed by atoms with Crippen molar-refractivity contribution in [3.05, 3.63) is 0 Å². The molecule has 0 aromatic rings. The molecule has 0 aliphatic carbocycles. The molecule has 1 unspecified atom stereocenters. The molecule has 4 heteroatoms. The van der Waals surface area contributed by atoms with Crippen LogP contribution in [0.15, 0.2) is 10.4 Å². The first kappa shape index (κ1) is 4.64. The molecule has 0 aromatic carbocycles. The van der Waals surface area contributed by atoms with E-state index in [1.165, 1.54) is 5.37 Å². The second kappa shape index (κ2) is 1.97. The predicted molar refractivity (Wildman–Crippen MR) is 28.3 cm³/mol. The second-order valence-electron chi connectivity index (χ2n) is 1.19. The Bertz CT molecular complexity index is 95.1. The zero-order valence-corrected chi connectivity index (χ0v) is 4.39. The molecular formula is C3H4N2OS. The monoisotopic (exact) mass is 116 g/mol. The van der Waals surface area contributed by atoms with Crippen LogP contribution in [0.25, 0.3) is 0 Å². The molecule has 0 aromatic heterocycles. The van der Waals surface area contributed by atoms with Crippen LogP contribution in [0, 0.1) is 0 Å². The normalized spacial score (nSPS) is 27.1. The van der Waals surface area contributed by atoms with Gasteiger partial charge in [0.25, 0.3) is 0 Å². The van der Waals surface area contributed by atoms with Gasteiger partial charge in [0.05, 0.1) is 0 Å². The summed E-state index contributed by atoms with van der Waals surface area (Å²) in [4.78, 5) is 4.60. The van der Waals surface area contributed by atoms with Gasteiger partial charge in [-0.2, -0.15) is 0 Å². The van der Waals surface area contributed by atoms with Crippen molar-refractivity contribution in [3.63, 3.8) is 0 Å². The molecule has 1 atom stereocenters. The first-order chi connectivity index (χ1) is 3.43. The van der Waals surface area contributed by atoms with Crippen molar-refractivity contribution in [2.45, 2.75) is 6.10 Å². The second-order valence-corrected chi connectivity index (χ2v) is 1.46. The zero-order valence-electron chi connectivity index (χ0n) is 3.57. The van der Waals surface area contributed by atoms with E-state index in [0.717, 1.165) is 0 Å².